The lowest BCUT2D eigenvalue weighted by Gasteiger charge is -2.37. The van der Waals surface area contributed by atoms with Gasteiger partial charge in [-0.25, -0.2) is 30.7 Å². The van der Waals surface area contributed by atoms with Crippen LogP contribution in [0.2, 0.25) is 0 Å². The van der Waals surface area contributed by atoms with Gasteiger partial charge in [0.25, 0.3) is 0 Å². The molecule has 0 heterocycles. The molecule has 0 amide bonds. The van der Waals surface area contributed by atoms with Gasteiger partial charge in [-0.1, -0.05) is 31.9 Å². The van der Waals surface area contributed by atoms with Gasteiger partial charge in [0.15, 0.2) is 29.1 Å². The van der Waals surface area contributed by atoms with Crippen molar-refractivity contribution >= 4 is 0 Å². The fourth-order valence-electron chi connectivity index (χ4n) is 6.78. The van der Waals surface area contributed by atoms with Gasteiger partial charge in [-0.05, 0) is 116 Å². The summed E-state index contributed by atoms with van der Waals surface area (Å²) >= 11 is 0. The molecular formula is C33H33F7. The lowest BCUT2D eigenvalue weighted by Crippen LogP contribution is -2.25. The Hall–Kier alpha value is -2.83. The van der Waals surface area contributed by atoms with Crippen molar-refractivity contribution in [3.8, 4) is 11.1 Å². The standard InChI is InChI=1S/C33H33F7/c1-18-2-5-20(6-3-18)21-7-9-22(10-8-21)24-12-13-25(32(39)31(24)38)23-16-27(34)26(28(35)17-23)11-4-19-14-29(36)33(40)30(37)15-19/h12-18,20-22H,2-11H2,1H3. The van der Waals surface area contributed by atoms with E-state index in [0.717, 1.165) is 61.8 Å². The molecule has 2 saturated carbocycles. The number of halogens is 7. The summed E-state index contributed by atoms with van der Waals surface area (Å²) < 4.78 is 100. The van der Waals surface area contributed by atoms with Gasteiger partial charge >= 0.3 is 0 Å². The fraction of sp³-hybridized carbons (Fsp3) is 0.455. The highest BCUT2D eigenvalue weighted by Crippen LogP contribution is 2.45. The summed E-state index contributed by atoms with van der Waals surface area (Å²) in [6.45, 7) is 2.30. The molecule has 5 rings (SSSR count). The Bertz CT molecular complexity index is 1320. The molecular weight excluding hydrogens is 529 g/mol. The van der Waals surface area contributed by atoms with Crippen molar-refractivity contribution in [2.45, 2.75) is 77.0 Å². The van der Waals surface area contributed by atoms with Crippen LogP contribution in [0.1, 0.15) is 80.9 Å². The predicted molar refractivity (Wildman–Crippen MR) is 141 cm³/mol. The van der Waals surface area contributed by atoms with Crippen molar-refractivity contribution < 1.29 is 30.7 Å². The van der Waals surface area contributed by atoms with E-state index in [1.54, 1.807) is 0 Å². The van der Waals surface area contributed by atoms with Gasteiger partial charge in [-0.15, -0.1) is 0 Å². The molecule has 2 fully saturated rings. The van der Waals surface area contributed by atoms with E-state index in [1.807, 2.05) is 0 Å². The highest BCUT2D eigenvalue weighted by molar-refractivity contribution is 5.65. The molecule has 0 N–H and O–H groups in total. The summed E-state index contributed by atoms with van der Waals surface area (Å²) in [6, 6.07) is 6.30. The normalized spacial score (nSPS) is 23.4. The molecule has 214 valence electrons. The zero-order chi connectivity index (χ0) is 28.6. The number of hydrogen-bond acceptors (Lipinski definition) is 0. The van der Waals surface area contributed by atoms with Crippen molar-refractivity contribution in [1.29, 1.82) is 0 Å². The summed E-state index contributed by atoms with van der Waals surface area (Å²) in [7, 11) is 0. The quantitative estimate of drug-likeness (QED) is 0.207. The largest absolute Gasteiger partial charge is 0.207 e. The lowest BCUT2D eigenvalue weighted by molar-refractivity contribution is 0.164. The van der Waals surface area contributed by atoms with Crippen LogP contribution in [0.5, 0.6) is 0 Å². The molecule has 0 nitrogen and oxygen atoms in total. The molecule has 3 aromatic rings. The number of benzene rings is 3. The minimum absolute atomic E-state index is 0.0327. The van der Waals surface area contributed by atoms with E-state index in [1.165, 1.54) is 37.8 Å². The average molecular weight is 563 g/mol. The molecule has 0 spiro atoms. The number of rotatable bonds is 6. The molecule has 7 heteroatoms. The van der Waals surface area contributed by atoms with Gasteiger partial charge in [0, 0.05) is 11.1 Å². The van der Waals surface area contributed by atoms with Gasteiger partial charge in [0.1, 0.15) is 11.6 Å². The van der Waals surface area contributed by atoms with Crippen molar-refractivity contribution in [2.24, 2.45) is 17.8 Å². The van der Waals surface area contributed by atoms with Gasteiger partial charge in [0.2, 0.25) is 0 Å². The SMILES string of the molecule is CC1CCC(C2CCC(c3ccc(-c4cc(F)c(CCc5cc(F)c(F)c(F)c5)c(F)c4)c(F)c3F)CC2)CC1. The van der Waals surface area contributed by atoms with E-state index >= 15 is 8.78 Å². The Morgan fingerprint density at radius 1 is 0.575 bits per heavy atom. The van der Waals surface area contributed by atoms with Gasteiger partial charge in [-0.3, -0.25) is 0 Å². The maximum absolute atomic E-state index is 15.3. The van der Waals surface area contributed by atoms with Gasteiger partial charge in [-0.2, -0.15) is 0 Å². The smallest absolute Gasteiger partial charge is 0.194 e. The maximum Gasteiger partial charge on any atom is 0.194 e. The van der Waals surface area contributed by atoms with Gasteiger partial charge < -0.3 is 0 Å². The first-order valence-corrected chi connectivity index (χ1v) is 14.2. The molecule has 2 aliphatic rings. The number of aryl methyl sites for hydroxylation is 1. The topological polar surface area (TPSA) is 0 Å². The first-order valence-electron chi connectivity index (χ1n) is 14.2. The second kappa shape index (κ2) is 12.0. The van der Waals surface area contributed by atoms with Crippen LogP contribution in [-0.4, -0.2) is 0 Å². The van der Waals surface area contributed by atoms with E-state index < -0.39 is 40.7 Å². The Morgan fingerprint density at radius 2 is 1.12 bits per heavy atom. The van der Waals surface area contributed by atoms with Crippen molar-refractivity contribution in [3.63, 3.8) is 0 Å². The Labute approximate surface area is 230 Å². The summed E-state index contributed by atoms with van der Waals surface area (Å²) in [5.41, 5.74) is -0.400. The monoisotopic (exact) mass is 562 g/mol. The molecule has 0 aliphatic heterocycles. The van der Waals surface area contributed by atoms with Crippen LogP contribution in [-0.2, 0) is 12.8 Å². The Balaban J connectivity index is 1.28. The second-order valence-corrected chi connectivity index (χ2v) is 11.8. The molecule has 0 bridgehead atoms. The van der Waals surface area contributed by atoms with Crippen LogP contribution in [0, 0.1) is 58.5 Å². The second-order valence-electron chi connectivity index (χ2n) is 11.8. The van der Waals surface area contributed by atoms with Crippen LogP contribution in [0.4, 0.5) is 30.7 Å². The summed E-state index contributed by atoms with van der Waals surface area (Å²) in [4.78, 5) is 0. The maximum atomic E-state index is 15.3. The summed E-state index contributed by atoms with van der Waals surface area (Å²) in [6.07, 6.45) is 8.22. The molecule has 0 atom stereocenters. The first-order chi connectivity index (χ1) is 19.1. The first kappa shape index (κ1) is 28.7. The van der Waals surface area contributed by atoms with Crippen LogP contribution >= 0.6 is 0 Å². The third kappa shape index (κ3) is 5.94. The number of hydrogen-bond donors (Lipinski definition) is 0. The molecule has 0 aromatic heterocycles. The molecule has 2 aliphatic carbocycles. The highest BCUT2D eigenvalue weighted by Gasteiger charge is 2.32. The molecule has 40 heavy (non-hydrogen) atoms. The third-order valence-corrected chi connectivity index (χ3v) is 9.21. The van der Waals surface area contributed by atoms with Crippen LogP contribution in [0.15, 0.2) is 36.4 Å². The van der Waals surface area contributed by atoms with E-state index in [2.05, 4.69) is 6.92 Å². The average Bonchev–Trinajstić information content (AvgIpc) is 2.93. The zero-order valence-electron chi connectivity index (χ0n) is 22.5. The van der Waals surface area contributed by atoms with Gasteiger partial charge in [0.05, 0.1) is 0 Å². The summed E-state index contributed by atoms with van der Waals surface area (Å²) in [5, 5.41) is 0. The van der Waals surface area contributed by atoms with Crippen LogP contribution < -0.4 is 0 Å². The predicted octanol–water partition coefficient (Wildman–Crippen LogP) is 10.2. The fourth-order valence-corrected chi connectivity index (χ4v) is 6.78. The van der Waals surface area contributed by atoms with E-state index in [4.69, 9.17) is 0 Å². The van der Waals surface area contributed by atoms with E-state index in [-0.39, 0.29) is 41.0 Å². The molecule has 0 radical (unpaired) electrons. The van der Waals surface area contributed by atoms with E-state index in [0.29, 0.717) is 11.5 Å². The lowest BCUT2D eigenvalue weighted by atomic mass is 9.68. The summed E-state index contributed by atoms with van der Waals surface area (Å²) in [5.74, 6) is -6.41. The Kier molecular flexibility index (Phi) is 8.58. The minimum Gasteiger partial charge on any atom is -0.207 e. The van der Waals surface area contributed by atoms with Crippen molar-refractivity contribution in [2.75, 3.05) is 0 Å². The van der Waals surface area contributed by atoms with Crippen LogP contribution in [0.3, 0.4) is 0 Å². The minimum atomic E-state index is -1.62. The van der Waals surface area contributed by atoms with Crippen molar-refractivity contribution in [3.05, 3.63) is 93.8 Å². The van der Waals surface area contributed by atoms with E-state index in [9.17, 15) is 22.0 Å². The Morgan fingerprint density at radius 3 is 1.70 bits per heavy atom. The highest BCUT2D eigenvalue weighted by atomic mass is 19.2. The molecule has 0 unspecified atom stereocenters. The zero-order valence-corrected chi connectivity index (χ0v) is 22.5. The molecule has 0 saturated heterocycles. The van der Waals surface area contributed by atoms with Crippen LogP contribution in [0.25, 0.3) is 11.1 Å². The third-order valence-electron chi connectivity index (χ3n) is 9.21. The molecule has 3 aromatic carbocycles. The van der Waals surface area contributed by atoms with Crippen molar-refractivity contribution in [1.82, 2.24) is 0 Å².